The minimum Gasteiger partial charge on any atom is -0.338 e. The molecule has 4 nitrogen and oxygen atoms in total. The lowest BCUT2D eigenvalue weighted by atomic mass is 9.98. The molecule has 1 amide bonds. The number of para-hydroxylation sites is 1. The van der Waals surface area contributed by atoms with Gasteiger partial charge in [0.15, 0.2) is 0 Å². The Morgan fingerprint density at radius 2 is 2.00 bits per heavy atom. The normalized spacial score (nSPS) is 18.3. The smallest absolute Gasteiger partial charge is 0.253 e. The van der Waals surface area contributed by atoms with E-state index in [1.54, 1.807) is 35.9 Å². The van der Waals surface area contributed by atoms with Crippen LogP contribution in [0.1, 0.15) is 34.1 Å². The number of piperidine rings is 1. The van der Waals surface area contributed by atoms with Gasteiger partial charge in [-0.1, -0.05) is 12.1 Å². The summed E-state index contributed by atoms with van der Waals surface area (Å²) in [5.41, 5.74) is 1.77. The van der Waals surface area contributed by atoms with E-state index < -0.39 is 0 Å². The van der Waals surface area contributed by atoms with Crippen molar-refractivity contribution >= 4 is 27.5 Å². The van der Waals surface area contributed by atoms with Gasteiger partial charge < -0.3 is 4.90 Å². The van der Waals surface area contributed by atoms with Crippen LogP contribution in [0.5, 0.6) is 0 Å². The molecule has 0 spiro atoms. The monoisotopic (exact) mass is 323 g/mol. The molecule has 1 aliphatic heterocycles. The predicted octanol–water partition coefficient (Wildman–Crippen LogP) is 3.71. The molecule has 0 N–H and O–H groups in total. The highest BCUT2D eigenvalue weighted by atomic mass is 32.1. The van der Waals surface area contributed by atoms with E-state index in [9.17, 15) is 4.79 Å². The number of amides is 1. The number of pyridine rings is 1. The highest BCUT2D eigenvalue weighted by Gasteiger charge is 2.27. The first-order valence-electron chi connectivity index (χ1n) is 7.86. The van der Waals surface area contributed by atoms with Crippen molar-refractivity contribution in [1.29, 1.82) is 0 Å². The molecular formula is C18H17N3OS. The van der Waals surface area contributed by atoms with Gasteiger partial charge in [-0.25, -0.2) is 4.98 Å². The fourth-order valence-corrected chi connectivity index (χ4v) is 4.20. The van der Waals surface area contributed by atoms with E-state index in [0.717, 1.165) is 36.5 Å². The van der Waals surface area contributed by atoms with Crippen molar-refractivity contribution in [3.63, 3.8) is 0 Å². The van der Waals surface area contributed by atoms with Gasteiger partial charge in [-0.05, 0) is 37.1 Å². The third-order valence-corrected chi connectivity index (χ3v) is 5.49. The minimum atomic E-state index is 0.0956. The molecule has 3 aromatic rings. The SMILES string of the molecule is O=C(c1ccncc1)N1CCCC(c2nc3ccccc3s2)C1. The van der Waals surface area contributed by atoms with E-state index >= 15 is 0 Å². The number of likely N-dealkylation sites (tertiary alicyclic amines) is 1. The van der Waals surface area contributed by atoms with Crippen molar-refractivity contribution in [3.8, 4) is 0 Å². The molecule has 5 heteroatoms. The van der Waals surface area contributed by atoms with E-state index in [1.807, 2.05) is 17.0 Å². The molecule has 1 unspecified atom stereocenters. The maximum Gasteiger partial charge on any atom is 0.253 e. The summed E-state index contributed by atoms with van der Waals surface area (Å²) in [6.45, 7) is 1.57. The number of carbonyl (C=O) groups excluding carboxylic acids is 1. The number of rotatable bonds is 2. The average Bonchev–Trinajstić information content (AvgIpc) is 3.06. The molecule has 23 heavy (non-hydrogen) atoms. The highest BCUT2D eigenvalue weighted by Crippen LogP contribution is 2.33. The second kappa shape index (κ2) is 6.08. The zero-order chi connectivity index (χ0) is 15.6. The van der Waals surface area contributed by atoms with Gasteiger partial charge in [0.1, 0.15) is 0 Å². The first-order valence-corrected chi connectivity index (χ1v) is 8.68. The molecule has 2 aromatic heterocycles. The lowest BCUT2D eigenvalue weighted by Crippen LogP contribution is -2.39. The Balaban J connectivity index is 1.56. The Morgan fingerprint density at radius 3 is 2.83 bits per heavy atom. The van der Waals surface area contributed by atoms with Crippen LogP contribution in [0.3, 0.4) is 0 Å². The number of hydrogen-bond donors (Lipinski definition) is 0. The van der Waals surface area contributed by atoms with Crippen molar-refractivity contribution in [2.75, 3.05) is 13.1 Å². The molecule has 0 saturated carbocycles. The zero-order valence-corrected chi connectivity index (χ0v) is 13.5. The van der Waals surface area contributed by atoms with Crippen molar-refractivity contribution in [3.05, 3.63) is 59.4 Å². The second-order valence-electron chi connectivity index (χ2n) is 5.85. The van der Waals surface area contributed by atoms with Gasteiger partial charge in [-0.3, -0.25) is 9.78 Å². The predicted molar refractivity (Wildman–Crippen MR) is 91.7 cm³/mol. The van der Waals surface area contributed by atoms with Crippen molar-refractivity contribution in [1.82, 2.24) is 14.9 Å². The van der Waals surface area contributed by atoms with Gasteiger partial charge in [0.05, 0.1) is 15.2 Å². The molecule has 0 bridgehead atoms. The molecule has 0 aliphatic carbocycles. The van der Waals surface area contributed by atoms with Crippen LogP contribution in [0.2, 0.25) is 0 Å². The van der Waals surface area contributed by atoms with Crippen molar-refractivity contribution < 1.29 is 4.79 Å². The van der Waals surface area contributed by atoms with Crippen LogP contribution in [0.4, 0.5) is 0 Å². The third-order valence-electron chi connectivity index (χ3n) is 4.30. The molecule has 1 fully saturated rings. The molecule has 1 atom stereocenters. The summed E-state index contributed by atoms with van der Waals surface area (Å²) in [6, 6.07) is 11.8. The number of benzene rings is 1. The lowest BCUT2D eigenvalue weighted by Gasteiger charge is -2.31. The van der Waals surface area contributed by atoms with E-state index in [-0.39, 0.29) is 5.91 Å². The Bertz CT molecular complexity index is 797. The maximum absolute atomic E-state index is 12.6. The first-order chi connectivity index (χ1) is 11.3. The van der Waals surface area contributed by atoms with Crippen LogP contribution < -0.4 is 0 Å². The van der Waals surface area contributed by atoms with Crippen LogP contribution in [0, 0.1) is 0 Å². The second-order valence-corrected chi connectivity index (χ2v) is 6.91. The van der Waals surface area contributed by atoms with Gasteiger partial charge in [0.2, 0.25) is 0 Å². The summed E-state index contributed by atoms with van der Waals surface area (Å²) >= 11 is 1.75. The summed E-state index contributed by atoms with van der Waals surface area (Å²) in [4.78, 5) is 23.3. The standard InChI is InChI=1S/C18H17N3OS/c22-18(13-7-9-19-10-8-13)21-11-3-4-14(12-21)17-20-15-5-1-2-6-16(15)23-17/h1-2,5-10,14H,3-4,11-12H2. The Hall–Kier alpha value is -2.27. The lowest BCUT2D eigenvalue weighted by molar-refractivity contribution is 0.0707. The molecule has 1 aromatic carbocycles. The van der Waals surface area contributed by atoms with Crippen LogP contribution in [0.25, 0.3) is 10.2 Å². The van der Waals surface area contributed by atoms with E-state index in [2.05, 4.69) is 17.1 Å². The fraction of sp³-hybridized carbons (Fsp3) is 0.278. The van der Waals surface area contributed by atoms with Crippen LogP contribution in [0.15, 0.2) is 48.8 Å². The highest BCUT2D eigenvalue weighted by molar-refractivity contribution is 7.18. The van der Waals surface area contributed by atoms with Gasteiger partial charge in [0.25, 0.3) is 5.91 Å². The van der Waals surface area contributed by atoms with Gasteiger partial charge in [-0.15, -0.1) is 11.3 Å². The number of nitrogens with zero attached hydrogens (tertiary/aromatic N) is 3. The maximum atomic E-state index is 12.6. The van der Waals surface area contributed by atoms with E-state index in [0.29, 0.717) is 11.5 Å². The van der Waals surface area contributed by atoms with Crippen molar-refractivity contribution in [2.45, 2.75) is 18.8 Å². The molecule has 4 rings (SSSR count). The number of aromatic nitrogens is 2. The molecule has 116 valence electrons. The summed E-state index contributed by atoms with van der Waals surface area (Å²) < 4.78 is 1.22. The first kappa shape index (κ1) is 14.3. The zero-order valence-electron chi connectivity index (χ0n) is 12.7. The van der Waals surface area contributed by atoms with E-state index in [4.69, 9.17) is 4.98 Å². The van der Waals surface area contributed by atoms with Gasteiger partial charge in [0, 0.05) is 37.0 Å². The summed E-state index contributed by atoms with van der Waals surface area (Å²) in [5, 5.41) is 1.15. The number of carbonyl (C=O) groups is 1. The number of fused-ring (bicyclic) bond motifs is 1. The minimum absolute atomic E-state index is 0.0956. The Kier molecular flexibility index (Phi) is 3.79. The topological polar surface area (TPSA) is 46.1 Å². The number of hydrogen-bond acceptors (Lipinski definition) is 4. The van der Waals surface area contributed by atoms with Crippen LogP contribution in [-0.4, -0.2) is 33.9 Å². The third kappa shape index (κ3) is 2.84. The largest absolute Gasteiger partial charge is 0.338 e. The fourth-order valence-electron chi connectivity index (χ4n) is 3.10. The van der Waals surface area contributed by atoms with Crippen molar-refractivity contribution in [2.24, 2.45) is 0 Å². The summed E-state index contributed by atoms with van der Waals surface area (Å²) in [5.74, 6) is 0.435. The quantitative estimate of drug-likeness (QED) is 0.722. The van der Waals surface area contributed by atoms with Gasteiger partial charge >= 0.3 is 0 Å². The Labute approximate surface area is 138 Å². The Morgan fingerprint density at radius 1 is 1.17 bits per heavy atom. The van der Waals surface area contributed by atoms with Crippen LogP contribution in [-0.2, 0) is 0 Å². The molecule has 0 radical (unpaired) electrons. The molecule has 3 heterocycles. The summed E-state index contributed by atoms with van der Waals surface area (Å²) in [6.07, 6.45) is 5.46. The summed E-state index contributed by atoms with van der Waals surface area (Å²) in [7, 11) is 0. The molecular weight excluding hydrogens is 306 g/mol. The average molecular weight is 323 g/mol. The van der Waals surface area contributed by atoms with Crippen LogP contribution >= 0.6 is 11.3 Å². The molecule has 1 aliphatic rings. The number of thiazole rings is 1. The van der Waals surface area contributed by atoms with E-state index in [1.165, 1.54) is 4.70 Å². The van der Waals surface area contributed by atoms with Gasteiger partial charge in [-0.2, -0.15) is 0 Å². The molecule has 1 saturated heterocycles.